The summed E-state index contributed by atoms with van der Waals surface area (Å²) in [5, 5.41) is 24.8. The fourth-order valence-corrected chi connectivity index (χ4v) is 2.56. The lowest BCUT2D eigenvalue weighted by Gasteiger charge is -2.15. The van der Waals surface area contributed by atoms with Gasteiger partial charge < -0.3 is 9.73 Å². The van der Waals surface area contributed by atoms with Crippen molar-refractivity contribution in [3.63, 3.8) is 0 Å². The zero-order valence-electron chi connectivity index (χ0n) is 14.6. The van der Waals surface area contributed by atoms with Gasteiger partial charge in [0, 0.05) is 5.69 Å². The minimum Gasteiger partial charge on any atom is -0.413 e. The van der Waals surface area contributed by atoms with E-state index in [9.17, 15) is 4.39 Å². The van der Waals surface area contributed by atoms with Crippen molar-refractivity contribution in [2.24, 2.45) is 0 Å². The molecule has 0 atom stereocenters. The Morgan fingerprint density at radius 1 is 0.963 bits per heavy atom. The predicted molar refractivity (Wildman–Crippen MR) is 96.8 cm³/mol. The van der Waals surface area contributed by atoms with Crippen LogP contribution in [0.2, 0.25) is 0 Å². The molecule has 2 heterocycles. The van der Waals surface area contributed by atoms with Crippen LogP contribution in [0, 0.1) is 0 Å². The van der Waals surface area contributed by atoms with Crippen molar-refractivity contribution in [1.82, 2.24) is 30.8 Å². The standard InChI is InChI=1S/C18H16FN7O/c1-18(2,19)11-7-9-12(10-8-11)20-14-6-4-3-5-13(14)16-23-24-17(27-16)15-21-25-26-22-15/h3-10,20H,1-2H3,(H,21,22,25,26). The smallest absolute Gasteiger partial charge is 0.289 e. The maximum Gasteiger partial charge on any atom is 0.289 e. The fourth-order valence-electron chi connectivity index (χ4n) is 2.56. The zero-order valence-corrected chi connectivity index (χ0v) is 14.6. The number of nitrogens with one attached hydrogen (secondary N) is 2. The van der Waals surface area contributed by atoms with Crippen molar-refractivity contribution in [2.45, 2.75) is 19.5 Å². The summed E-state index contributed by atoms with van der Waals surface area (Å²) < 4.78 is 19.7. The number of hydrogen-bond donors (Lipinski definition) is 2. The molecule has 2 aromatic heterocycles. The molecule has 8 nitrogen and oxygen atoms in total. The molecule has 0 spiro atoms. The zero-order chi connectivity index (χ0) is 18.9. The third kappa shape index (κ3) is 3.52. The van der Waals surface area contributed by atoms with E-state index in [1.165, 1.54) is 13.8 Å². The van der Waals surface area contributed by atoms with Crippen LogP contribution in [0.3, 0.4) is 0 Å². The van der Waals surface area contributed by atoms with Crippen molar-refractivity contribution in [3.8, 4) is 23.2 Å². The van der Waals surface area contributed by atoms with Gasteiger partial charge in [-0.25, -0.2) is 4.39 Å². The van der Waals surface area contributed by atoms with Crippen molar-refractivity contribution in [3.05, 3.63) is 54.1 Å². The molecule has 0 radical (unpaired) electrons. The Hall–Kier alpha value is -3.62. The Kier molecular flexibility index (Phi) is 4.11. The van der Waals surface area contributed by atoms with Crippen molar-refractivity contribution in [2.75, 3.05) is 5.32 Å². The molecule has 0 saturated carbocycles. The monoisotopic (exact) mass is 365 g/mol. The predicted octanol–water partition coefficient (Wildman–Crippen LogP) is 3.86. The average Bonchev–Trinajstić information content (AvgIpc) is 3.34. The molecule has 9 heteroatoms. The quantitative estimate of drug-likeness (QED) is 0.553. The Morgan fingerprint density at radius 2 is 1.70 bits per heavy atom. The van der Waals surface area contributed by atoms with Gasteiger partial charge in [0.05, 0.1) is 11.3 Å². The second-order valence-electron chi connectivity index (χ2n) is 6.37. The highest BCUT2D eigenvalue weighted by atomic mass is 19.1. The lowest BCUT2D eigenvalue weighted by Crippen LogP contribution is -2.08. The van der Waals surface area contributed by atoms with Crippen LogP contribution in [0.4, 0.5) is 15.8 Å². The van der Waals surface area contributed by atoms with Gasteiger partial charge >= 0.3 is 0 Å². The highest BCUT2D eigenvalue weighted by Gasteiger charge is 2.19. The van der Waals surface area contributed by atoms with Crippen LogP contribution in [0.15, 0.2) is 52.9 Å². The fraction of sp³-hybridized carbons (Fsp3) is 0.167. The van der Waals surface area contributed by atoms with E-state index in [1.807, 2.05) is 36.4 Å². The summed E-state index contributed by atoms with van der Waals surface area (Å²) in [7, 11) is 0. The minimum absolute atomic E-state index is 0.170. The molecular weight excluding hydrogens is 349 g/mol. The summed E-state index contributed by atoms with van der Waals surface area (Å²) in [6.07, 6.45) is 0. The Balaban J connectivity index is 1.62. The number of benzene rings is 2. The normalized spacial score (nSPS) is 11.5. The van der Waals surface area contributed by atoms with E-state index in [2.05, 4.69) is 36.1 Å². The van der Waals surface area contributed by atoms with Crippen molar-refractivity contribution >= 4 is 11.4 Å². The molecule has 0 unspecified atom stereocenters. The molecule has 0 saturated heterocycles. The first kappa shape index (κ1) is 16.8. The maximum atomic E-state index is 14.0. The third-order valence-corrected chi connectivity index (χ3v) is 3.97. The lowest BCUT2D eigenvalue weighted by atomic mass is 10.00. The van der Waals surface area contributed by atoms with E-state index >= 15 is 0 Å². The number of para-hydroxylation sites is 1. The van der Waals surface area contributed by atoms with E-state index < -0.39 is 5.67 Å². The van der Waals surface area contributed by atoms with Crippen molar-refractivity contribution < 1.29 is 8.81 Å². The third-order valence-electron chi connectivity index (χ3n) is 3.97. The number of halogens is 1. The molecule has 2 N–H and O–H groups in total. The largest absolute Gasteiger partial charge is 0.413 e. The van der Waals surface area contributed by atoms with Gasteiger partial charge in [0.15, 0.2) is 0 Å². The van der Waals surface area contributed by atoms with Crippen LogP contribution in [-0.2, 0) is 5.67 Å². The molecule has 4 rings (SSSR count). The van der Waals surface area contributed by atoms with E-state index in [0.717, 1.165) is 16.9 Å². The van der Waals surface area contributed by atoms with E-state index in [1.54, 1.807) is 12.1 Å². The highest BCUT2D eigenvalue weighted by Crippen LogP contribution is 2.31. The molecular formula is C18H16FN7O. The SMILES string of the molecule is CC(C)(F)c1ccc(Nc2ccccc2-c2nnc(-c3nn[nH]n3)o2)cc1. The number of hydrogen-bond acceptors (Lipinski definition) is 7. The van der Waals surface area contributed by atoms with Gasteiger partial charge in [-0.1, -0.05) is 24.3 Å². The molecule has 136 valence electrons. The van der Waals surface area contributed by atoms with Gasteiger partial charge in [-0.05, 0) is 48.9 Å². The van der Waals surface area contributed by atoms with Crippen LogP contribution in [-0.4, -0.2) is 30.8 Å². The van der Waals surface area contributed by atoms with Crippen LogP contribution >= 0.6 is 0 Å². The lowest BCUT2D eigenvalue weighted by molar-refractivity contribution is 0.221. The summed E-state index contributed by atoms with van der Waals surface area (Å²) >= 11 is 0. The number of aromatic amines is 1. The van der Waals surface area contributed by atoms with Crippen molar-refractivity contribution in [1.29, 1.82) is 0 Å². The van der Waals surface area contributed by atoms with Gasteiger partial charge in [-0.15, -0.1) is 20.4 Å². The molecule has 0 aliphatic heterocycles. The van der Waals surface area contributed by atoms with E-state index in [4.69, 9.17) is 4.42 Å². The Bertz CT molecular complexity index is 1040. The number of nitrogens with zero attached hydrogens (tertiary/aromatic N) is 5. The summed E-state index contributed by atoms with van der Waals surface area (Å²) in [5.74, 6) is 0.714. The highest BCUT2D eigenvalue weighted by molar-refractivity contribution is 5.77. The molecule has 2 aromatic carbocycles. The Morgan fingerprint density at radius 3 is 2.41 bits per heavy atom. The molecule has 0 aliphatic rings. The minimum atomic E-state index is -1.38. The number of anilines is 2. The first-order chi connectivity index (χ1) is 13.0. The van der Waals surface area contributed by atoms with Gasteiger partial charge in [0.2, 0.25) is 5.89 Å². The van der Waals surface area contributed by atoms with Gasteiger partial charge in [0.25, 0.3) is 11.7 Å². The summed E-state index contributed by atoms with van der Waals surface area (Å²) in [6.45, 7) is 3.06. The van der Waals surface area contributed by atoms with E-state index in [-0.39, 0.29) is 11.7 Å². The number of H-pyrrole nitrogens is 1. The molecule has 0 bridgehead atoms. The molecule has 4 aromatic rings. The average molecular weight is 365 g/mol. The number of alkyl halides is 1. The van der Waals surface area contributed by atoms with Crippen LogP contribution in [0.25, 0.3) is 23.2 Å². The number of rotatable bonds is 5. The maximum absolute atomic E-state index is 14.0. The Labute approximate surface area is 153 Å². The van der Waals surface area contributed by atoms with Crippen LogP contribution in [0.1, 0.15) is 19.4 Å². The van der Waals surface area contributed by atoms with E-state index in [0.29, 0.717) is 11.5 Å². The number of tetrazole rings is 1. The number of aromatic nitrogens is 6. The second-order valence-corrected chi connectivity index (χ2v) is 6.37. The topological polar surface area (TPSA) is 105 Å². The summed E-state index contributed by atoms with van der Waals surface area (Å²) in [4.78, 5) is 0. The van der Waals surface area contributed by atoms with Gasteiger partial charge in [-0.2, -0.15) is 5.21 Å². The van der Waals surface area contributed by atoms with Crippen LogP contribution in [0.5, 0.6) is 0 Å². The second kappa shape index (κ2) is 6.60. The first-order valence-corrected chi connectivity index (χ1v) is 8.24. The molecule has 27 heavy (non-hydrogen) atoms. The summed E-state index contributed by atoms with van der Waals surface area (Å²) in [5.41, 5.74) is 1.53. The van der Waals surface area contributed by atoms with Gasteiger partial charge in [0.1, 0.15) is 5.67 Å². The van der Waals surface area contributed by atoms with Gasteiger partial charge in [-0.3, -0.25) is 0 Å². The molecule has 0 amide bonds. The first-order valence-electron chi connectivity index (χ1n) is 8.24. The van der Waals surface area contributed by atoms with Crippen LogP contribution < -0.4 is 5.32 Å². The molecule has 0 fully saturated rings. The summed E-state index contributed by atoms with van der Waals surface area (Å²) in [6, 6.07) is 14.7. The molecule has 0 aliphatic carbocycles.